The fourth-order valence-corrected chi connectivity index (χ4v) is 8.38. The van der Waals surface area contributed by atoms with E-state index in [4.69, 9.17) is 9.47 Å². The van der Waals surface area contributed by atoms with Crippen LogP contribution in [0.25, 0.3) is 0 Å². The molecule has 256 valence electrons. The Morgan fingerprint density at radius 2 is 1.65 bits per heavy atom. The number of nitro benzene ring substituents is 2. The van der Waals surface area contributed by atoms with Crippen LogP contribution in [0, 0.1) is 26.1 Å². The zero-order valence-corrected chi connectivity index (χ0v) is 27.7. The van der Waals surface area contributed by atoms with Gasteiger partial charge in [-0.3, -0.25) is 29.9 Å². The third kappa shape index (κ3) is 7.28. The van der Waals surface area contributed by atoms with Crippen LogP contribution < -0.4 is 0 Å². The molecule has 2 amide bonds. The largest absolute Gasteiger partial charge is 0.456 e. The monoisotopic (exact) mass is 709 g/mol. The highest BCUT2D eigenvalue weighted by molar-refractivity contribution is 8.03. The molecule has 0 aliphatic carbocycles. The van der Waals surface area contributed by atoms with Crippen molar-refractivity contribution in [2.75, 3.05) is 6.54 Å². The number of amides is 2. The van der Waals surface area contributed by atoms with E-state index < -0.39 is 40.0 Å². The van der Waals surface area contributed by atoms with E-state index in [1.165, 1.54) is 76.5 Å². The topological polar surface area (TPSA) is 196 Å². The predicted molar refractivity (Wildman–Crippen MR) is 176 cm³/mol. The van der Waals surface area contributed by atoms with Gasteiger partial charge in [0.25, 0.3) is 11.4 Å². The fourth-order valence-electron chi connectivity index (χ4n) is 6.30. The first-order valence-electron chi connectivity index (χ1n) is 15.4. The van der Waals surface area contributed by atoms with Crippen molar-refractivity contribution in [3.05, 3.63) is 107 Å². The maximum absolute atomic E-state index is 13.6. The van der Waals surface area contributed by atoms with Gasteiger partial charge in [-0.15, -0.1) is 23.1 Å². The molecule has 49 heavy (non-hydrogen) atoms. The molecule has 6 rings (SSSR count). The Kier molecular flexibility index (Phi) is 9.94. The van der Waals surface area contributed by atoms with Gasteiger partial charge in [0, 0.05) is 52.8 Å². The quantitative estimate of drug-likeness (QED) is 0.113. The number of nitrogens with zero attached hydrogens (tertiary/aromatic N) is 5. The van der Waals surface area contributed by atoms with Crippen LogP contribution in [0.5, 0.6) is 0 Å². The number of hydrogen-bond donors (Lipinski definition) is 1. The highest BCUT2D eigenvalue weighted by atomic mass is 32.2. The first-order valence-corrected chi connectivity index (χ1v) is 17.2. The number of non-ortho nitro benzene ring substituents is 2. The van der Waals surface area contributed by atoms with E-state index in [0.717, 1.165) is 0 Å². The molecule has 0 radical (unpaired) electrons. The number of rotatable bonds is 12. The number of likely N-dealkylation sites (tertiary alicyclic amines) is 1. The molecule has 5 atom stereocenters. The maximum Gasteiger partial charge on any atom is 0.410 e. The average molecular weight is 710 g/mol. The van der Waals surface area contributed by atoms with Crippen molar-refractivity contribution < 1.29 is 38.8 Å². The fraction of sp³-hybridized carbons (Fsp3) is 0.375. The number of aromatic nitrogens is 1. The lowest BCUT2D eigenvalue weighted by molar-refractivity contribution is -0.385. The lowest BCUT2D eigenvalue weighted by Gasteiger charge is -2.44. The second-order valence-electron chi connectivity index (χ2n) is 12.0. The number of β-lactam (4-membered cyclic amide) rings is 1. The molecule has 3 aliphatic heterocycles. The smallest absolute Gasteiger partial charge is 0.410 e. The van der Waals surface area contributed by atoms with Gasteiger partial charge in [0.15, 0.2) is 0 Å². The third-order valence-corrected chi connectivity index (χ3v) is 10.6. The Hall–Kier alpha value is -4.87. The highest BCUT2D eigenvalue weighted by Crippen LogP contribution is 2.50. The minimum atomic E-state index is -0.708. The molecule has 2 saturated heterocycles. The van der Waals surface area contributed by atoms with Gasteiger partial charge in [0.2, 0.25) is 5.91 Å². The molecule has 1 aromatic heterocycles. The zero-order valence-electron chi connectivity index (χ0n) is 26.1. The molecule has 3 aromatic rings. The molecular formula is C32H31N5O10S2. The van der Waals surface area contributed by atoms with Crippen molar-refractivity contribution >= 4 is 52.4 Å². The lowest BCUT2D eigenvalue weighted by atomic mass is 9.83. The molecule has 2 aromatic carbocycles. The maximum atomic E-state index is 13.6. The van der Waals surface area contributed by atoms with Crippen molar-refractivity contribution in [2.24, 2.45) is 5.92 Å². The van der Waals surface area contributed by atoms with Crippen molar-refractivity contribution in [3.8, 4) is 0 Å². The predicted octanol–water partition coefficient (Wildman–Crippen LogP) is 5.10. The Balaban J connectivity index is 1.18. The van der Waals surface area contributed by atoms with Gasteiger partial charge in [-0.1, -0.05) is 0 Å². The standard InChI is InChI=1S/C32H31N5O10S2/c1-18(38)10-24-26-12-28(29(35(26)30(24)39)31(40)46-14-19-2-6-21(7-3-19)36(42)43)49-23-11-27(25-16-48-17-33-25)34(13-23)32(41)47-15-20-4-8-22(9-5-20)37(44)45/h2-9,16-18,23-24,26-27,38H,10-15H2,1H3/t18-,23+,24+,26+,27+/m1/s1. The number of benzene rings is 2. The lowest BCUT2D eigenvalue weighted by Crippen LogP contribution is -2.59. The second-order valence-corrected chi connectivity index (χ2v) is 14.1. The summed E-state index contributed by atoms with van der Waals surface area (Å²) in [4.78, 5) is 69.2. The summed E-state index contributed by atoms with van der Waals surface area (Å²) in [6, 6.07) is 10.6. The van der Waals surface area contributed by atoms with E-state index in [1.54, 1.807) is 17.3 Å². The summed E-state index contributed by atoms with van der Waals surface area (Å²) in [5.74, 6) is -1.43. The van der Waals surface area contributed by atoms with E-state index in [2.05, 4.69) is 4.98 Å². The summed E-state index contributed by atoms with van der Waals surface area (Å²) in [7, 11) is 0. The number of thiazole rings is 1. The van der Waals surface area contributed by atoms with E-state index in [1.807, 2.05) is 5.38 Å². The molecule has 15 nitrogen and oxygen atoms in total. The van der Waals surface area contributed by atoms with Crippen LogP contribution in [0.15, 0.2) is 70.0 Å². The van der Waals surface area contributed by atoms with Crippen LogP contribution in [0.3, 0.4) is 0 Å². The summed E-state index contributed by atoms with van der Waals surface area (Å²) in [6.07, 6.45) is -0.153. The van der Waals surface area contributed by atoms with Gasteiger partial charge in [0.1, 0.15) is 18.9 Å². The molecule has 17 heteroatoms. The SMILES string of the molecule is C[C@@H](O)C[C@@H]1C(=O)N2C(C(=O)OCc3ccc([N+](=O)[O-])cc3)=C(S[C@H]3C[C@@H](c4cscn4)N(C(=O)OCc4ccc([N+](=O)[O-])cc4)C3)C[C@@H]12. The first-order chi connectivity index (χ1) is 23.5. The Labute approximate surface area is 287 Å². The van der Waals surface area contributed by atoms with E-state index in [-0.39, 0.29) is 60.5 Å². The minimum absolute atomic E-state index is 0.0717. The van der Waals surface area contributed by atoms with Crippen molar-refractivity contribution in [2.45, 2.75) is 62.8 Å². The van der Waals surface area contributed by atoms with Crippen LogP contribution in [-0.2, 0) is 32.3 Å². The highest BCUT2D eigenvalue weighted by Gasteiger charge is 2.56. The number of fused-ring (bicyclic) bond motifs is 1. The van der Waals surface area contributed by atoms with Gasteiger partial charge in [-0.2, -0.15) is 0 Å². The van der Waals surface area contributed by atoms with Crippen molar-refractivity contribution in [3.63, 3.8) is 0 Å². The Bertz CT molecular complexity index is 1780. The summed E-state index contributed by atoms with van der Waals surface area (Å²) < 4.78 is 11.2. The van der Waals surface area contributed by atoms with Gasteiger partial charge < -0.3 is 19.5 Å². The van der Waals surface area contributed by atoms with Crippen molar-refractivity contribution in [1.29, 1.82) is 0 Å². The van der Waals surface area contributed by atoms with Crippen LogP contribution >= 0.6 is 23.1 Å². The van der Waals surface area contributed by atoms with Gasteiger partial charge >= 0.3 is 12.1 Å². The molecule has 0 spiro atoms. The molecule has 2 fully saturated rings. The first kappa shape index (κ1) is 34.0. The second kappa shape index (κ2) is 14.3. The van der Waals surface area contributed by atoms with Crippen LogP contribution in [0.2, 0.25) is 0 Å². The summed E-state index contributed by atoms with van der Waals surface area (Å²) in [5, 5.41) is 33.6. The number of thioether (sulfide) groups is 1. The van der Waals surface area contributed by atoms with E-state index >= 15 is 0 Å². The molecular weight excluding hydrogens is 679 g/mol. The number of carbonyl (C=O) groups excluding carboxylic acids is 3. The minimum Gasteiger partial charge on any atom is -0.456 e. The number of carbonyl (C=O) groups is 3. The average Bonchev–Trinajstić information content (AvgIpc) is 3.84. The number of aliphatic hydroxyl groups is 1. The van der Waals surface area contributed by atoms with Gasteiger partial charge in [-0.05, 0) is 55.2 Å². The van der Waals surface area contributed by atoms with Crippen LogP contribution in [0.1, 0.15) is 49.0 Å². The van der Waals surface area contributed by atoms with Crippen molar-refractivity contribution in [1.82, 2.24) is 14.8 Å². The normalized spacial score (nSPS) is 22.0. The van der Waals surface area contributed by atoms with Gasteiger partial charge in [-0.25, -0.2) is 14.6 Å². The van der Waals surface area contributed by atoms with Gasteiger partial charge in [0.05, 0.1) is 45.2 Å². The molecule has 4 heterocycles. The summed E-state index contributed by atoms with van der Waals surface area (Å²) >= 11 is 2.79. The molecule has 0 saturated carbocycles. The number of esters is 1. The summed E-state index contributed by atoms with van der Waals surface area (Å²) in [6.45, 7) is 1.62. The Morgan fingerprint density at radius 3 is 2.20 bits per heavy atom. The Morgan fingerprint density at radius 1 is 1.04 bits per heavy atom. The molecule has 0 bridgehead atoms. The zero-order chi connectivity index (χ0) is 34.8. The van der Waals surface area contributed by atoms with E-state index in [9.17, 15) is 39.7 Å². The summed E-state index contributed by atoms with van der Waals surface area (Å²) in [5.41, 5.74) is 3.46. The third-order valence-electron chi connectivity index (χ3n) is 8.66. The number of hydrogen-bond acceptors (Lipinski definition) is 13. The number of nitro groups is 2. The van der Waals surface area contributed by atoms with Crippen LogP contribution in [-0.4, -0.2) is 71.6 Å². The molecule has 3 aliphatic rings. The number of aliphatic hydroxyl groups excluding tert-OH is 1. The van der Waals surface area contributed by atoms with E-state index in [0.29, 0.717) is 34.6 Å². The number of ether oxygens (including phenoxy) is 2. The molecule has 0 unspecified atom stereocenters. The molecule has 1 N–H and O–H groups in total. The van der Waals surface area contributed by atoms with Crippen LogP contribution in [0.4, 0.5) is 16.2 Å².